The zero-order valence-corrected chi connectivity index (χ0v) is 18.9. The Morgan fingerprint density at radius 1 is 1.06 bits per heavy atom. The summed E-state index contributed by atoms with van der Waals surface area (Å²) in [5, 5.41) is 12.0. The van der Waals surface area contributed by atoms with Gasteiger partial charge in [0.2, 0.25) is 0 Å². The zero-order chi connectivity index (χ0) is 22.5. The second kappa shape index (κ2) is 9.83. The number of amides is 1. The number of carbonyl (C=O) groups is 1. The first-order chi connectivity index (χ1) is 15.5. The number of aryl methyl sites for hydroxylation is 3. The van der Waals surface area contributed by atoms with Crippen molar-refractivity contribution in [3.05, 3.63) is 87.9 Å². The van der Waals surface area contributed by atoms with Crippen LogP contribution in [0.2, 0.25) is 5.02 Å². The zero-order valence-electron chi connectivity index (χ0n) is 18.1. The Hall–Kier alpha value is -3.38. The third-order valence-electron chi connectivity index (χ3n) is 5.43. The minimum atomic E-state index is -0.153. The van der Waals surface area contributed by atoms with Crippen molar-refractivity contribution in [1.29, 1.82) is 0 Å². The molecule has 0 spiro atoms. The van der Waals surface area contributed by atoms with Gasteiger partial charge in [0, 0.05) is 30.1 Å². The van der Waals surface area contributed by atoms with E-state index in [0.717, 1.165) is 35.3 Å². The number of nitrogens with one attached hydrogen (secondary N) is 1. The van der Waals surface area contributed by atoms with Gasteiger partial charge in [-0.25, -0.2) is 4.68 Å². The van der Waals surface area contributed by atoms with Gasteiger partial charge in [-0.2, -0.15) is 0 Å². The topological polar surface area (TPSA) is 69.0 Å². The Balaban J connectivity index is 1.26. The lowest BCUT2D eigenvalue weighted by Crippen LogP contribution is -2.22. The van der Waals surface area contributed by atoms with E-state index < -0.39 is 0 Å². The van der Waals surface area contributed by atoms with Crippen LogP contribution in [0, 0.1) is 13.8 Å². The summed E-state index contributed by atoms with van der Waals surface area (Å²) in [7, 11) is 0. The van der Waals surface area contributed by atoms with E-state index in [1.165, 1.54) is 11.1 Å². The molecule has 32 heavy (non-hydrogen) atoms. The van der Waals surface area contributed by atoms with Gasteiger partial charge >= 0.3 is 0 Å². The summed E-state index contributed by atoms with van der Waals surface area (Å²) in [5.74, 6) is 0.572. The maximum absolute atomic E-state index is 12.4. The van der Waals surface area contributed by atoms with Gasteiger partial charge < -0.3 is 10.1 Å². The number of rotatable bonds is 8. The third kappa shape index (κ3) is 5.08. The van der Waals surface area contributed by atoms with Crippen LogP contribution < -0.4 is 10.1 Å². The van der Waals surface area contributed by atoms with Crippen LogP contribution in [-0.2, 0) is 13.1 Å². The van der Waals surface area contributed by atoms with Gasteiger partial charge in [0.1, 0.15) is 11.3 Å². The van der Waals surface area contributed by atoms with E-state index in [-0.39, 0.29) is 5.91 Å². The first-order valence-electron chi connectivity index (χ1n) is 10.6. The predicted molar refractivity (Wildman–Crippen MR) is 126 cm³/mol. The molecule has 1 amide bonds. The standard InChI is InChI=1S/C25H25ClN4O2/c1-17-14-23-24(15-18(17)2)30(29-28-23)12-5-13-32-21-10-8-19(9-11-21)25(31)27-16-20-6-3-4-7-22(20)26/h3-4,6-11,14-15H,5,12-13,16H2,1-2H3,(H,27,31). The van der Waals surface area contributed by atoms with Crippen LogP contribution in [0.25, 0.3) is 11.0 Å². The summed E-state index contributed by atoms with van der Waals surface area (Å²) in [5.41, 5.74) is 5.86. The second-order valence-electron chi connectivity index (χ2n) is 7.74. The molecule has 0 bridgehead atoms. The molecule has 6 nitrogen and oxygen atoms in total. The third-order valence-corrected chi connectivity index (χ3v) is 5.79. The van der Waals surface area contributed by atoms with Crippen molar-refractivity contribution >= 4 is 28.5 Å². The Morgan fingerprint density at radius 3 is 2.59 bits per heavy atom. The summed E-state index contributed by atoms with van der Waals surface area (Å²) in [6.45, 7) is 5.82. The van der Waals surface area contributed by atoms with Crippen LogP contribution >= 0.6 is 11.6 Å². The number of aromatic nitrogens is 3. The van der Waals surface area contributed by atoms with Crippen molar-refractivity contribution < 1.29 is 9.53 Å². The fourth-order valence-corrected chi connectivity index (χ4v) is 3.62. The molecule has 1 aromatic heterocycles. The van der Waals surface area contributed by atoms with Gasteiger partial charge in [0.05, 0.1) is 12.1 Å². The molecule has 0 radical (unpaired) electrons. The maximum atomic E-state index is 12.4. The number of nitrogens with zero attached hydrogens (tertiary/aromatic N) is 3. The van der Waals surface area contributed by atoms with Gasteiger partial charge in [-0.05, 0) is 73.0 Å². The molecule has 3 aromatic carbocycles. The average Bonchev–Trinajstić information content (AvgIpc) is 3.18. The first-order valence-corrected chi connectivity index (χ1v) is 10.9. The smallest absolute Gasteiger partial charge is 0.251 e. The highest BCUT2D eigenvalue weighted by Gasteiger charge is 2.08. The number of hydrogen-bond acceptors (Lipinski definition) is 4. The highest BCUT2D eigenvalue weighted by Crippen LogP contribution is 2.18. The highest BCUT2D eigenvalue weighted by molar-refractivity contribution is 6.31. The molecule has 0 atom stereocenters. The van der Waals surface area contributed by atoms with E-state index >= 15 is 0 Å². The van der Waals surface area contributed by atoms with Gasteiger partial charge in [-0.1, -0.05) is 35.0 Å². The number of carbonyl (C=O) groups excluding carboxylic acids is 1. The van der Waals surface area contributed by atoms with E-state index in [1.54, 1.807) is 24.3 Å². The molecule has 1 heterocycles. The summed E-state index contributed by atoms with van der Waals surface area (Å²) in [4.78, 5) is 12.4. The summed E-state index contributed by atoms with van der Waals surface area (Å²) in [6.07, 6.45) is 0.797. The molecule has 0 aliphatic rings. The normalized spacial score (nSPS) is 11.0. The van der Waals surface area contributed by atoms with Crippen molar-refractivity contribution in [2.24, 2.45) is 0 Å². The van der Waals surface area contributed by atoms with Crippen molar-refractivity contribution in [2.45, 2.75) is 33.4 Å². The molecule has 4 rings (SSSR count). The Bertz CT molecular complexity index is 1230. The minimum absolute atomic E-state index is 0.153. The molecule has 4 aromatic rings. The Labute approximate surface area is 192 Å². The van der Waals surface area contributed by atoms with Gasteiger partial charge in [-0.3, -0.25) is 4.79 Å². The van der Waals surface area contributed by atoms with E-state index in [9.17, 15) is 4.79 Å². The molecule has 164 valence electrons. The lowest BCUT2D eigenvalue weighted by molar-refractivity contribution is 0.0951. The van der Waals surface area contributed by atoms with Gasteiger partial charge in [0.25, 0.3) is 5.91 Å². The fraction of sp³-hybridized carbons (Fsp3) is 0.240. The quantitative estimate of drug-likeness (QED) is 0.381. The van der Waals surface area contributed by atoms with Crippen LogP contribution in [0.4, 0.5) is 0 Å². The summed E-state index contributed by atoms with van der Waals surface area (Å²) in [6, 6.07) is 18.8. The Kier molecular flexibility index (Phi) is 6.71. The van der Waals surface area contributed by atoms with Crippen molar-refractivity contribution in [3.63, 3.8) is 0 Å². The minimum Gasteiger partial charge on any atom is -0.494 e. The molecule has 0 unspecified atom stereocenters. The SMILES string of the molecule is Cc1cc2nnn(CCCOc3ccc(C(=O)NCc4ccccc4Cl)cc3)c2cc1C. The van der Waals surface area contributed by atoms with Gasteiger partial charge in [0.15, 0.2) is 0 Å². The predicted octanol–water partition coefficient (Wildman–Crippen LogP) is 5.10. The van der Waals surface area contributed by atoms with E-state index in [2.05, 4.69) is 41.6 Å². The first kappa shape index (κ1) is 21.8. The number of ether oxygens (including phenoxy) is 1. The van der Waals surface area contributed by atoms with Crippen molar-refractivity contribution in [3.8, 4) is 5.75 Å². The molecule has 0 aliphatic carbocycles. The van der Waals surface area contributed by atoms with Crippen LogP contribution in [0.1, 0.15) is 33.5 Å². The van der Waals surface area contributed by atoms with Gasteiger partial charge in [-0.15, -0.1) is 5.10 Å². The summed E-state index contributed by atoms with van der Waals surface area (Å²) >= 11 is 6.13. The second-order valence-corrected chi connectivity index (χ2v) is 8.15. The van der Waals surface area contributed by atoms with E-state index in [0.29, 0.717) is 23.7 Å². The van der Waals surface area contributed by atoms with Crippen LogP contribution in [-0.4, -0.2) is 27.5 Å². The lowest BCUT2D eigenvalue weighted by atomic mass is 10.1. The molecule has 0 saturated heterocycles. The average molecular weight is 449 g/mol. The summed E-state index contributed by atoms with van der Waals surface area (Å²) < 4.78 is 7.74. The molecule has 7 heteroatoms. The van der Waals surface area contributed by atoms with Crippen LogP contribution in [0.5, 0.6) is 5.75 Å². The van der Waals surface area contributed by atoms with Crippen molar-refractivity contribution in [2.75, 3.05) is 6.61 Å². The molecular weight excluding hydrogens is 424 g/mol. The number of halogens is 1. The molecular formula is C25H25ClN4O2. The largest absolute Gasteiger partial charge is 0.494 e. The number of fused-ring (bicyclic) bond motifs is 1. The number of benzene rings is 3. The molecule has 1 N–H and O–H groups in total. The van der Waals surface area contributed by atoms with Crippen LogP contribution in [0.15, 0.2) is 60.7 Å². The molecule has 0 aliphatic heterocycles. The molecule has 0 saturated carbocycles. The van der Waals surface area contributed by atoms with Crippen molar-refractivity contribution in [1.82, 2.24) is 20.3 Å². The van der Waals surface area contributed by atoms with E-state index in [1.807, 2.05) is 28.9 Å². The molecule has 0 fully saturated rings. The van der Waals surface area contributed by atoms with E-state index in [4.69, 9.17) is 16.3 Å². The maximum Gasteiger partial charge on any atom is 0.251 e. The van der Waals surface area contributed by atoms with Crippen LogP contribution in [0.3, 0.4) is 0 Å². The highest BCUT2D eigenvalue weighted by atomic mass is 35.5. The fourth-order valence-electron chi connectivity index (χ4n) is 3.41. The number of hydrogen-bond donors (Lipinski definition) is 1. The lowest BCUT2D eigenvalue weighted by Gasteiger charge is -2.09. The monoisotopic (exact) mass is 448 g/mol. The Morgan fingerprint density at radius 2 is 1.81 bits per heavy atom.